The fraction of sp³-hybridized carbons (Fsp3) is 0.583. The van der Waals surface area contributed by atoms with Crippen molar-refractivity contribution >= 4 is 11.5 Å². The summed E-state index contributed by atoms with van der Waals surface area (Å²) in [5, 5.41) is 0. The highest BCUT2D eigenvalue weighted by molar-refractivity contribution is 5.48. The Morgan fingerprint density at radius 1 is 1.31 bits per heavy atom. The lowest BCUT2D eigenvalue weighted by molar-refractivity contribution is 0.355. The van der Waals surface area contributed by atoms with Crippen LogP contribution in [0.4, 0.5) is 11.5 Å². The van der Waals surface area contributed by atoms with Gasteiger partial charge in [0.15, 0.2) is 0 Å². The lowest BCUT2D eigenvalue weighted by Gasteiger charge is -2.35. The first kappa shape index (κ1) is 11.2. The number of hydrazine groups is 1. The molecule has 0 aliphatic carbocycles. The summed E-state index contributed by atoms with van der Waals surface area (Å²) in [7, 11) is 0. The zero-order chi connectivity index (χ0) is 11.5. The number of nitrogen functional groups attached to an aromatic ring is 1. The second-order valence-electron chi connectivity index (χ2n) is 4.90. The summed E-state index contributed by atoms with van der Waals surface area (Å²) < 4.78 is 0. The van der Waals surface area contributed by atoms with E-state index in [1.54, 1.807) is 6.20 Å². The molecule has 4 nitrogen and oxygen atoms in total. The van der Waals surface area contributed by atoms with Crippen LogP contribution in [0.1, 0.15) is 20.3 Å². The molecule has 2 atom stereocenters. The number of hydrogen-bond donors (Lipinski definition) is 2. The van der Waals surface area contributed by atoms with E-state index < -0.39 is 0 Å². The van der Waals surface area contributed by atoms with Crippen LogP contribution >= 0.6 is 0 Å². The molecule has 1 aromatic rings. The van der Waals surface area contributed by atoms with E-state index in [0.717, 1.165) is 36.4 Å². The molecule has 2 rings (SSSR count). The van der Waals surface area contributed by atoms with Crippen molar-refractivity contribution in [2.75, 3.05) is 23.4 Å². The highest BCUT2D eigenvalue weighted by Gasteiger charge is 2.22. The first-order valence-corrected chi connectivity index (χ1v) is 5.86. The summed E-state index contributed by atoms with van der Waals surface area (Å²) in [5.74, 6) is 7.87. The third-order valence-corrected chi connectivity index (χ3v) is 3.11. The van der Waals surface area contributed by atoms with Gasteiger partial charge in [0.25, 0.3) is 0 Å². The molecule has 2 heterocycles. The summed E-state index contributed by atoms with van der Waals surface area (Å²) in [6, 6.07) is 3.99. The van der Waals surface area contributed by atoms with E-state index >= 15 is 0 Å². The van der Waals surface area contributed by atoms with E-state index in [4.69, 9.17) is 5.84 Å². The van der Waals surface area contributed by atoms with E-state index in [-0.39, 0.29) is 0 Å². The van der Waals surface area contributed by atoms with Gasteiger partial charge in [0, 0.05) is 13.1 Å². The quantitative estimate of drug-likeness (QED) is 0.590. The van der Waals surface area contributed by atoms with Crippen molar-refractivity contribution in [1.82, 2.24) is 4.98 Å². The van der Waals surface area contributed by atoms with Gasteiger partial charge in [-0.2, -0.15) is 0 Å². The van der Waals surface area contributed by atoms with Crippen LogP contribution in [0.3, 0.4) is 0 Å². The van der Waals surface area contributed by atoms with Crippen LogP contribution in [-0.2, 0) is 0 Å². The van der Waals surface area contributed by atoms with E-state index in [2.05, 4.69) is 29.2 Å². The molecule has 1 fully saturated rings. The van der Waals surface area contributed by atoms with Gasteiger partial charge in [-0.1, -0.05) is 13.8 Å². The molecule has 2 unspecified atom stereocenters. The first-order valence-electron chi connectivity index (χ1n) is 5.86. The Bertz CT molecular complexity index is 325. The minimum absolute atomic E-state index is 0.748. The van der Waals surface area contributed by atoms with Crippen molar-refractivity contribution in [2.24, 2.45) is 17.7 Å². The Morgan fingerprint density at radius 2 is 2.00 bits per heavy atom. The Hall–Kier alpha value is -1.29. The molecule has 3 N–H and O–H groups in total. The predicted molar refractivity (Wildman–Crippen MR) is 67.2 cm³/mol. The fourth-order valence-corrected chi connectivity index (χ4v) is 2.51. The van der Waals surface area contributed by atoms with Crippen molar-refractivity contribution in [1.29, 1.82) is 0 Å². The van der Waals surface area contributed by atoms with E-state index in [9.17, 15) is 0 Å². The molecule has 0 amide bonds. The molecular weight excluding hydrogens is 200 g/mol. The molecule has 1 aliphatic rings. The van der Waals surface area contributed by atoms with Crippen LogP contribution in [0.2, 0.25) is 0 Å². The minimum atomic E-state index is 0.748. The molecule has 0 aromatic carbocycles. The predicted octanol–water partition coefficient (Wildman–Crippen LogP) is 1.85. The maximum atomic E-state index is 5.32. The highest BCUT2D eigenvalue weighted by atomic mass is 15.2. The minimum Gasteiger partial charge on any atom is -0.356 e. The molecule has 4 heteroatoms. The monoisotopic (exact) mass is 220 g/mol. The molecule has 0 spiro atoms. The first-order chi connectivity index (χ1) is 7.69. The molecule has 1 aromatic heterocycles. The van der Waals surface area contributed by atoms with Gasteiger partial charge in [-0.15, -0.1) is 0 Å². The fourth-order valence-electron chi connectivity index (χ4n) is 2.51. The summed E-state index contributed by atoms with van der Waals surface area (Å²) >= 11 is 0. The molecule has 0 saturated carbocycles. The molecule has 0 radical (unpaired) electrons. The second kappa shape index (κ2) is 4.70. The van der Waals surface area contributed by atoms with E-state index in [0.29, 0.717) is 0 Å². The lowest BCUT2D eigenvalue weighted by atomic mass is 9.92. The van der Waals surface area contributed by atoms with Crippen LogP contribution in [0, 0.1) is 11.8 Å². The van der Waals surface area contributed by atoms with Gasteiger partial charge in [0.05, 0.1) is 11.9 Å². The smallest absolute Gasteiger partial charge is 0.128 e. The van der Waals surface area contributed by atoms with Crippen LogP contribution in [0.15, 0.2) is 18.3 Å². The van der Waals surface area contributed by atoms with Gasteiger partial charge in [-0.05, 0) is 30.4 Å². The molecular formula is C12H20N4. The van der Waals surface area contributed by atoms with Crippen molar-refractivity contribution in [3.8, 4) is 0 Å². The third kappa shape index (κ3) is 2.44. The normalized spacial score (nSPS) is 25.6. The van der Waals surface area contributed by atoms with Crippen molar-refractivity contribution < 1.29 is 0 Å². The number of anilines is 2. The molecule has 16 heavy (non-hydrogen) atoms. The summed E-state index contributed by atoms with van der Waals surface area (Å²) in [4.78, 5) is 6.79. The number of nitrogens with one attached hydrogen (secondary N) is 1. The number of nitrogens with zero attached hydrogens (tertiary/aromatic N) is 2. The Kier molecular flexibility index (Phi) is 3.29. The number of pyridine rings is 1. The number of hydrogen-bond acceptors (Lipinski definition) is 4. The summed E-state index contributed by atoms with van der Waals surface area (Å²) in [5.41, 5.74) is 3.44. The van der Waals surface area contributed by atoms with Crippen LogP contribution in [0.5, 0.6) is 0 Å². The number of nitrogens with two attached hydrogens (primary N) is 1. The van der Waals surface area contributed by atoms with Crippen LogP contribution in [0.25, 0.3) is 0 Å². The average Bonchev–Trinajstić information content (AvgIpc) is 2.28. The largest absolute Gasteiger partial charge is 0.356 e. The van der Waals surface area contributed by atoms with Crippen molar-refractivity contribution in [3.05, 3.63) is 18.3 Å². The Balaban J connectivity index is 2.10. The van der Waals surface area contributed by atoms with Gasteiger partial charge in [0.1, 0.15) is 5.82 Å². The Morgan fingerprint density at radius 3 is 2.50 bits per heavy atom. The van der Waals surface area contributed by atoms with E-state index in [1.807, 2.05) is 12.1 Å². The lowest BCUT2D eigenvalue weighted by Crippen LogP contribution is -2.39. The summed E-state index contributed by atoms with van der Waals surface area (Å²) in [6.07, 6.45) is 3.10. The number of piperidine rings is 1. The molecule has 1 saturated heterocycles. The molecule has 0 bridgehead atoms. The van der Waals surface area contributed by atoms with Gasteiger partial charge in [-0.25, -0.2) is 4.98 Å². The van der Waals surface area contributed by atoms with Gasteiger partial charge >= 0.3 is 0 Å². The van der Waals surface area contributed by atoms with Gasteiger partial charge in [0.2, 0.25) is 0 Å². The molecule has 1 aliphatic heterocycles. The van der Waals surface area contributed by atoms with Crippen molar-refractivity contribution in [2.45, 2.75) is 20.3 Å². The maximum Gasteiger partial charge on any atom is 0.128 e. The zero-order valence-corrected chi connectivity index (χ0v) is 9.98. The average molecular weight is 220 g/mol. The molecule has 88 valence electrons. The summed E-state index contributed by atoms with van der Waals surface area (Å²) in [6.45, 7) is 6.82. The van der Waals surface area contributed by atoms with Crippen LogP contribution in [-0.4, -0.2) is 18.1 Å². The van der Waals surface area contributed by atoms with E-state index in [1.165, 1.54) is 6.42 Å². The third-order valence-electron chi connectivity index (χ3n) is 3.11. The Labute approximate surface area is 96.8 Å². The standard InChI is InChI=1S/C12H20N4/c1-9-5-10(2)8-16(7-9)12-4-3-11(15-13)6-14-12/h3-4,6,9-10,15H,5,7-8,13H2,1-2H3. The van der Waals surface area contributed by atoms with Crippen LogP contribution < -0.4 is 16.2 Å². The number of rotatable bonds is 2. The zero-order valence-electron chi connectivity index (χ0n) is 9.98. The SMILES string of the molecule is CC1CC(C)CN(c2ccc(NN)cn2)C1. The van der Waals surface area contributed by atoms with Crippen molar-refractivity contribution in [3.63, 3.8) is 0 Å². The van der Waals surface area contributed by atoms with Gasteiger partial charge in [-0.3, -0.25) is 5.84 Å². The number of aromatic nitrogens is 1. The van der Waals surface area contributed by atoms with Gasteiger partial charge < -0.3 is 10.3 Å². The topological polar surface area (TPSA) is 54.2 Å². The highest BCUT2D eigenvalue weighted by Crippen LogP contribution is 2.25. The maximum absolute atomic E-state index is 5.32. The second-order valence-corrected chi connectivity index (χ2v) is 4.90.